The Morgan fingerprint density at radius 3 is 2.54 bits per heavy atom. The number of halogens is 1. The van der Waals surface area contributed by atoms with Crippen LogP contribution in [0.2, 0.25) is 0 Å². The Morgan fingerprint density at radius 1 is 1.11 bits per heavy atom. The molecule has 0 aromatic heterocycles. The number of hydrogen-bond acceptors (Lipinski definition) is 3. The van der Waals surface area contributed by atoms with E-state index in [9.17, 15) is 17.6 Å². The van der Waals surface area contributed by atoms with Crippen LogP contribution in [0, 0.1) is 12.7 Å². The van der Waals surface area contributed by atoms with Gasteiger partial charge in [-0.1, -0.05) is 30.7 Å². The Balaban J connectivity index is 1.78. The van der Waals surface area contributed by atoms with Gasteiger partial charge in [0.15, 0.2) is 0 Å². The van der Waals surface area contributed by atoms with Crippen molar-refractivity contribution in [3.8, 4) is 0 Å². The van der Waals surface area contributed by atoms with Gasteiger partial charge in [-0.25, -0.2) is 12.8 Å². The van der Waals surface area contributed by atoms with Gasteiger partial charge in [0, 0.05) is 30.4 Å². The monoisotopic (exact) mass is 402 g/mol. The molecule has 5 nitrogen and oxygen atoms in total. The summed E-state index contributed by atoms with van der Waals surface area (Å²) in [5.74, 6) is -0.878. The summed E-state index contributed by atoms with van der Waals surface area (Å²) in [5, 5.41) is 2.68. The van der Waals surface area contributed by atoms with E-state index in [0.717, 1.165) is 24.8 Å². The second-order valence-electron chi connectivity index (χ2n) is 6.79. The number of rotatable bonds is 5. The van der Waals surface area contributed by atoms with Crippen molar-refractivity contribution >= 4 is 27.7 Å². The first-order valence-electron chi connectivity index (χ1n) is 9.22. The highest BCUT2D eigenvalue weighted by Gasteiger charge is 2.26. The quantitative estimate of drug-likeness (QED) is 0.770. The number of carbonyl (C=O) groups is 1. The smallest absolute Gasteiger partial charge is 0.248 e. The first-order valence-corrected chi connectivity index (χ1v) is 10.7. The molecular formula is C21H23FN2O3S. The van der Waals surface area contributed by atoms with Crippen LogP contribution in [0.25, 0.3) is 6.08 Å². The van der Waals surface area contributed by atoms with Crippen LogP contribution in [0.3, 0.4) is 0 Å². The predicted octanol–water partition coefficient (Wildman–Crippen LogP) is 3.96. The highest BCUT2D eigenvalue weighted by Crippen LogP contribution is 2.25. The fraction of sp³-hybridized carbons (Fsp3) is 0.286. The number of nitrogens with zero attached hydrogens (tertiary/aromatic N) is 1. The summed E-state index contributed by atoms with van der Waals surface area (Å²) in [5.41, 5.74) is 1.46. The molecule has 0 aliphatic carbocycles. The van der Waals surface area contributed by atoms with E-state index in [1.807, 2.05) is 0 Å². The van der Waals surface area contributed by atoms with Gasteiger partial charge in [0.2, 0.25) is 15.9 Å². The van der Waals surface area contributed by atoms with E-state index in [1.165, 1.54) is 28.6 Å². The van der Waals surface area contributed by atoms with Crippen molar-refractivity contribution in [1.82, 2.24) is 4.31 Å². The van der Waals surface area contributed by atoms with Crippen molar-refractivity contribution in [2.75, 3.05) is 18.4 Å². The van der Waals surface area contributed by atoms with E-state index in [-0.39, 0.29) is 4.90 Å². The van der Waals surface area contributed by atoms with Crippen LogP contribution in [-0.4, -0.2) is 31.7 Å². The van der Waals surface area contributed by atoms with Gasteiger partial charge < -0.3 is 5.32 Å². The van der Waals surface area contributed by atoms with Crippen molar-refractivity contribution in [1.29, 1.82) is 0 Å². The number of hydrogen-bond donors (Lipinski definition) is 1. The van der Waals surface area contributed by atoms with Crippen LogP contribution in [-0.2, 0) is 14.8 Å². The largest absolute Gasteiger partial charge is 0.322 e. The molecule has 0 bridgehead atoms. The minimum absolute atomic E-state index is 0.161. The Labute approximate surface area is 164 Å². The first kappa shape index (κ1) is 20.2. The molecule has 1 amide bonds. The molecule has 0 atom stereocenters. The predicted molar refractivity (Wildman–Crippen MR) is 108 cm³/mol. The van der Waals surface area contributed by atoms with Gasteiger partial charge in [0.1, 0.15) is 5.82 Å². The second kappa shape index (κ2) is 8.67. The Hall–Kier alpha value is -2.51. The molecule has 7 heteroatoms. The van der Waals surface area contributed by atoms with Gasteiger partial charge >= 0.3 is 0 Å². The molecule has 1 aliphatic heterocycles. The van der Waals surface area contributed by atoms with Gasteiger partial charge in [0.25, 0.3) is 0 Å². The molecular weight excluding hydrogens is 379 g/mol. The zero-order valence-electron chi connectivity index (χ0n) is 15.7. The van der Waals surface area contributed by atoms with Gasteiger partial charge in [-0.05, 0) is 49.6 Å². The molecule has 0 unspecified atom stereocenters. The number of benzene rings is 2. The summed E-state index contributed by atoms with van der Waals surface area (Å²) in [4.78, 5) is 12.4. The van der Waals surface area contributed by atoms with Crippen LogP contribution < -0.4 is 5.32 Å². The highest BCUT2D eigenvalue weighted by molar-refractivity contribution is 7.89. The van der Waals surface area contributed by atoms with Crippen LogP contribution in [0.5, 0.6) is 0 Å². The molecule has 148 valence electrons. The van der Waals surface area contributed by atoms with Crippen LogP contribution in [0.1, 0.15) is 30.4 Å². The molecule has 0 radical (unpaired) electrons. The van der Waals surface area contributed by atoms with Crippen molar-refractivity contribution in [2.24, 2.45) is 0 Å². The van der Waals surface area contributed by atoms with Gasteiger partial charge in [-0.2, -0.15) is 4.31 Å². The molecule has 1 saturated heterocycles. The van der Waals surface area contributed by atoms with E-state index in [0.29, 0.717) is 24.3 Å². The van der Waals surface area contributed by atoms with Crippen LogP contribution in [0.15, 0.2) is 53.4 Å². The number of anilines is 1. The molecule has 28 heavy (non-hydrogen) atoms. The topological polar surface area (TPSA) is 66.5 Å². The van der Waals surface area contributed by atoms with Crippen LogP contribution >= 0.6 is 0 Å². The fourth-order valence-electron chi connectivity index (χ4n) is 3.10. The second-order valence-corrected chi connectivity index (χ2v) is 8.72. The molecule has 1 aliphatic rings. The van der Waals surface area contributed by atoms with E-state index < -0.39 is 21.7 Å². The molecule has 3 rings (SSSR count). The third-order valence-corrected chi connectivity index (χ3v) is 6.63. The SMILES string of the molecule is Cc1ccc(S(=O)(=O)N2CCCCC2)cc1NC(=O)/C=C/c1ccccc1F. The minimum Gasteiger partial charge on any atom is -0.322 e. The average molecular weight is 402 g/mol. The maximum absolute atomic E-state index is 13.6. The normalized spacial score (nSPS) is 15.6. The lowest BCUT2D eigenvalue weighted by molar-refractivity contribution is -0.111. The maximum Gasteiger partial charge on any atom is 0.248 e. The standard InChI is InChI=1S/C21H23FN2O3S/c1-16-9-11-18(28(26,27)24-13-5-2-6-14-24)15-20(16)23-21(25)12-10-17-7-3-4-8-19(17)22/h3-4,7-12,15H,2,5-6,13-14H2,1H3,(H,23,25)/b12-10+. The molecule has 1 N–H and O–H groups in total. The number of piperidine rings is 1. The lowest BCUT2D eigenvalue weighted by Gasteiger charge is -2.26. The highest BCUT2D eigenvalue weighted by atomic mass is 32.2. The molecule has 1 fully saturated rings. The summed E-state index contributed by atoms with van der Waals surface area (Å²) in [6.07, 6.45) is 5.36. The number of nitrogens with one attached hydrogen (secondary N) is 1. The lowest BCUT2D eigenvalue weighted by atomic mass is 10.2. The van der Waals surface area contributed by atoms with Crippen molar-refractivity contribution in [2.45, 2.75) is 31.1 Å². The van der Waals surface area contributed by atoms with Gasteiger partial charge in [-0.3, -0.25) is 4.79 Å². The molecule has 0 spiro atoms. The van der Waals surface area contributed by atoms with Crippen molar-refractivity contribution < 1.29 is 17.6 Å². The molecule has 2 aromatic rings. The number of amides is 1. The first-order chi connectivity index (χ1) is 13.4. The summed E-state index contributed by atoms with van der Waals surface area (Å²) >= 11 is 0. The Kier molecular flexibility index (Phi) is 6.26. The molecule has 2 aromatic carbocycles. The average Bonchev–Trinajstić information content (AvgIpc) is 2.69. The summed E-state index contributed by atoms with van der Waals surface area (Å²) in [7, 11) is -3.58. The minimum atomic E-state index is -3.58. The zero-order chi connectivity index (χ0) is 20.1. The number of carbonyl (C=O) groups excluding carboxylic acids is 1. The lowest BCUT2D eigenvalue weighted by Crippen LogP contribution is -2.35. The van der Waals surface area contributed by atoms with E-state index in [1.54, 1.807) is 37.3 Å². The van der Waals surface area contributed by atoms with Crippen molar-refractivity contribution in [3.05, 3.63) is 65.5 Å². The van der Waals surface area contributed by atoms with E-state index in [4.69, 9.17) is 0 Å². The Bertz CT molecular complexity index is 996. The number of sulfonamides is 1. The van der Waals surface area contributed by atoms with Crippen molar-refractivity contribution in [3.63, 3.8) is 0 Å². The maximum atomic E-state index is 13.6. The molecule has 0 saturated carbocycles. The van der Waals surface area contributed by atoms with Gasteiger partial charge in [-0.15, -0.1) is 0 Å². The third-order valence-electron chi connectivity index (χ3n) is 4.74. The summed E-state index contributed by atoms with van der Waals surface area (Å²) in [6, 6.07) is 10.8. The zero-order valence-corrected chi connectivity index (χ0v) is 16.5. The Morgan fingerprint density at radius 2 is 1.82 bits per heavy atom. The molecule has 1 heterocycles. The summed E-state index contributed by atoms with van der Waals surface area (Å²) < 4.78 is 40.8. The van der Waals surface area contributed by atoms with Gasteiger partial charge in [0.05, 0.1) is 4.90 Å². The van der Waals surface area contributed by atoms with E-state index >= 15 is 0 Å². The van der Waals surface area contributed by atoms with Crippen LogP contribution in [0.4, 0.5) is 10.1 Å². The fourth-order valence-corrected chi connectivity index (χ4v) is 4.64. The van der Waals surface area contributed by atoms with E-state index in [2.05, 4.69) is 5.32 Å². The summed E-state index contributed by atoms with van der Waals surface area (Å²) in [6.45, 7) is 2.82. The number of aryl methyl sites for hydroxylation is 1. The third kappa shape index (κ3) is 4.66.